The Morgan fingerprint density at radius 2 is 2.06 bits per heavy atom. The first kappa shape index (κ1) is 13.7. The van der Waals surface area contributed by atoms with Crippen molar-refractivity contribution in [2.24, 2.45) is 11.7 Å². The van der Waals surface area contributed by atoms with Crippen LogP contribution in [0.1, 0.15) is 24.5 Å². The molecular formula is C16H23N. The van der Waals surface area contributed by atoms with Crippen molar-refractivity contribution in [2.45, 2.75) is 32.7 Å². The highest BCUT2D eigenvalue weighted by atomic mass is 14.6. The predicted molar refractivity (Wildman–Crippen MR) is 76.0 cm³/mol. The summed E-state index contributed by atoms with van der Waals surface area (Å²) >= 11 is 0. The highest BCUT2D eigenvalue weighted by molar-refractivity contribution is 5.26. The second-order valence-electron chi connectivity index (χ2n) is 4.64. The van der Waals surface area contributed by atoms with Gasteiger partial charge < -0.3 is 5.73 Å². The lowest BCUT2D eigenvalue weighted by molar-refractivity contribution is 0.515. The van der Waals surface area contributed by atoms with E-state index >= 15 is 0 Å². The summed E-state index contributed by atoms with van der Waals surface area (Å²) in [5, 5.41) is 0. The zero-order valence-electron chi connectivity index (χ0n) is 10.9. The van der Waals surface area contributed by atoms with E-state index in [-0.39, 0.29) is 6.04 Å². The Morgan fingerprint density at radius 3 is 2.71 bits per heavy atom. The van der Waals surface area contributed by atoms with Crippen LogP contribution in [0.25, 0.3) is 0 Å². The number of hydrogen-bond donors (Lipinski definition) is 1. The minimum Gasteiger partial charge on any atom is -0.324 e. The summed E-state index contributed by atoms with van der Waals surface area (Å²) in [5.74, 6) is 0.456. The first-order chi connectivity index (χ1) is 8.15. The Balaban J connectivity index is 2.57. The van der Waals surface area contributed by atoms with Gasteiger partial charge in [0.15, 0.2) is 0 Å². The van der Waals surface area contributed by atoms with Crippen LogP contribution in [0.15, 0.2) is 49.1 Å². The van der Waals surface area contributed by atoms with Gasteiger partial charge in [-0.1, -0.05) is 49.4 Å². The molecule has 17 heavy (non-hydrogen) atoms. The lowest BCUT2D eigenvalue weighted by atomic mass is 9.92. The largest absolute Gasteiger partial charge is 0.324 e. The number of allylic oxidation sites excluding steroid dienone is 2. The molecule has 0 bridgehead atoms. The number of nitrogens with two attached hydrogens (primary N) is 1. The quantitative estimate of drug-likeness (QED) is 0.741. The van der Waals surface area contributed by atoms with Gasteiger partial charge in [-0.3, -0.25) is 0 Å². The molecule has 1 aromatic carbocycles. The SMILES string of the molecule is C=CC/C=C\C(N)C(C)Cc1ccccc1C. The number of benzene rings is 1. The summed E-state index contributed by atoms with van der Waals surface area (Å²) in [6.07, 6.45) is 7.99. The van der Waals surface area contributed by atoms with Gasteiger partial charge in [-0.2, -0.15) is 0 Å². The van der Waals surface area contributed by atoms with Gasteiger partial charge in [0.25, 0.3) is 0 Å². The van der Waals surface area contributed by atoms with Crippen molar-refractivity contribution in [1.29, 1.82) is 0 Å². The fourth-order valence-electron chi connectivity index (χ4n) is 1.84. The first-order valence-corrected chi connectivity index (χ1v) is 6.22. The van der Waals surface area contributed by atoms with Crippen LogP contribution in [0.3, 0.4) is 0 Å². The molecule has 2 atom stereocenters. The van der Waals surface area contributed by atoms with Gasteiger partial charge >= 0.3 is 0 Å². The van der Waals surface area contributed by atoms with Gasteiger partial charge in [0.05, 0.1) is 0 Å². The molecule has 0 amide bonds. The van der Waals surface area contributed by atoms with E-state index in [1.165, 1.54) is 11.1 Å². The van der Waals surface area contributed by atoms with Crippen molar-refractivity contribution in [1.82, 2.24) is 0 Å². The molecule has 1 rings (SSSR count). The van der Waals surface area contributed by atoms with Gasteiger partial charge in [0, 0.05) is 6.04 Å². The van der Waals surface area contributed by atoms with Gasteiger partial charge in [-0.15, -0.1) is 6.58 Å². The zero-order chi connectivity index (χ0) is 12.7. The number of hydrogen-bond acceptors (Lipinski definition) is 1. The van der Waals surface area contributed by atoms with E-state index in [0.29, 0.717) is 5.92 Å². The molecule has 0 aliphatic carbocycles. The summed E-state index contributed by atoms with van der Waals surface area (Å²) < 4.78 is 0. The number of aryl methyl sites for hydroxylation is 1. The Labute approximate surface area is 105 Å². The lowest BCUT2D eigenvalue weighted by Gasteiger charge is -2.17. The van der Waals surface area contributed by atoms with Crippen LogP contribution < -0.4 is 5.73 Å². The molecule has 0 aliphatic heterocycles. The summed E-state index contributed by atoms with van der Waals surface area (Å²) in [7, 11) is 0. The molecule has 0 heterocycles. The molecule has 0 saturated carbocycles. The average molecular weight is 229 g/mol. The molecular weight excluding hydrogens is 206 g/mol. The fraction of sp³-hybridized carbons (Fsp3) is 0.375. The van der Waals surface area contributed by atoms with E-state index in [9.17, 15) is 0 Å². The van der Waals surface area contributed by atoms with Crippen molar-refractivity contribution in [3.8, 4) is 0 Å². The highest BCUT2D eigenvalue weighted by Gasteiger charge is 2.11. The molecule has 0 radical (unpaired) electrons. The van der Waals surface area contributed by atoms with E-state index in [1.807, 2.05) is 6.08 Å². The maximum atomic E-state index is 6.13. The van der Waals surface area contributed by atoms with E-state index in [1.54, 1.807) is 0 Å². The third kappa shape index (κ3) is 4.58. The van der Waals surface area contributed by atoms with E-state index in [0.717, 1.165) is 12.8 Å². The molecule has 1 nitrogen and oxygen atoms in total. The van der Waals surface area contributed by atoms with Crippen LogP contribution in [0, 0.1) is 12.8 Å². The minimum absolute atomic E-state index is 0.120. The third-order valence-electron chi connectivity index (χ3n) is 3.12. The van der Waals surface area contributed by atoms with Crippen LogP contribution in [-0.2, 0) is 6.42 Å². The molecule has 0 aliphatic rings. The normalized spacial score (nSPS) is 14.8. The Kier molecular flexibility index (Phi) is 5.71. The van der Waals surface area contributed by atoms with Crippen LogP contribution >= 0.6 is 0 Å². The molecule has 2 unspecified atom stereocenters. The number of rotatable bonds is 6. The zero-order valence-corrected chi connectivity index (χ0v) is 10.9. The molecule has 0 fully saturated rings. The molecule has 0 spiro atoms. The first-order valence-electron chi connectivity index (χ1n) is 6.22. The van der Waals surface area contributed by atoms with Crippen molar-refractivity contribution < 1.29 is 0 Å². The van der Waals surface area contributed by atoms with Crippen LogP contribution in [0.5, 0.6) is 0 Å². The topological polar surface area (TPSA) is 26.0 Å². The van der Waals surface area contributed by atoms with Crippen LogP contribution in [-0.4, -0.2) is 6.04 Å². The maximum absolute atomic E-state index is 6.13. The Hall–Kier alpha value is -1.34. The molecule has 2 N–H and O–H groups in total. The van der Waals surface area contributed by atoms with Crippen molar-refractivity contribution in [3.05, 3.63) is 60.2 Å². The van der Waals surface area contributed by atoms with E-state index < -0.39 is 0 Å². The van der Waals surface area contributed by atoms with Gasteiger partial charge in [0.1, 0.15) is 0 Å². The van der Waals surface area contributed by atoms with Crippen molar-refractivity contribution in [2.75, 3.05) is 0 Å². The lowest BCUT2D eigenvalue weighted by Crippen LogP contribution is -2.27. The van der Waals surface area contributed by atoms with Crippen molar-refractivity contribution >= 4 is 0 Å². The molecule has 92 valence electrons. The van der Waals surface area contributed by atoms with E-state index in [2.05, 4.69) is 56.8 Å². The van der Waals surface area contributed by atoms with Gasteiger partial charge in [-0.05, 0) is 36.8 Å². The van der Waals surface area contributed by atoms with Crippen LogP contribution in [0.2, 0.25) is 0 Å². The minimum atomic E-state index is 0.120. The highest BCUT2D eigenvalue weighted by Crippen LogP contribution is 2.15. The summed E-state index contributed by atoms with van der Waals surface area (Å²) in [5.41, 5.74) is 8.88. The average Bonchev–Trinajstić information content (AvgIpc) is 2.32. The Morgan fingerprint density at radius 1 is 1.35 bits per heavy atom. The standard InChI is InChI=1S/C16H23N/c1-4-5-6-11-16(17)14(3)12-15-10-8-7-9-13(15)2/h4,6-11,14,16H,1,5,12,17H2,2-3H3/b11-6-. The molecule has 1 heteroatoms. The fourth-order valence-corrected chi connectivity index (χ4v) is 1.84. The smallest absolute Gasteiger partial charge is 0.0253 e. The second-order valence-corrected chi connectivity index (χ2v) is 4.64. The second kappa shape index (κ2) is 7.08. The van der Waals surface area contributed by atoms with Crippen LogP contribution in [0.4, 0.5) is 0 Å². The van der Waals surface area contributed by atoms with E-state index in [4.69, 9.17) is 5.73 Å². The molecule has 1 aromatic rings. The maximum Gasteiger partial charge on any atom is 0.0253 e. The van der Waals surface area contributed by atoms with Gasteiger partial charge in [0.2, 0.25) is 0 Å². The summed E-state index contributed by atoms with van der Waals surface area (Å²) in [4.78, 5) is 0. The summed E-state index contributed by atoms with van der Waals surface area (Å²) in [6.45, 7) is 8.05. The van der Waals surface area contributed by atoms with Crippen molar-refractivity contribution in [3.63, 3.8) is 0 Å². The predicted octanol–water partition coefficient (Wildman–Crippen LogP) is 3.63. The molecule has 0 saturated heterocycles. The summed E-state index contributed by atoms with van der Waals surface area (Å²) in [6, 6.07) is 8.63. The third-order valence-corrected chi connectivity index (χ3v) is 3.12. The molecule has 0 aromatic heterocycles. The Bertz CT molecular complexity index is 379. The van der Waals surface area contributed by atoms with Gasteiger partial charge in [-0.25, -0.2) is 0 Å². The monoisotopic (exact) mass is 229 g/mol.